The van der Waals surface area contributed by atoms with Crippen LogP contribution >= 0.6 is 27.7 Å². The monoisotopic (exact) mass is 473 g/mol. The topological polar surface area (TPSA) is 108 Å². The summed E-state index contributed by atoms with van der Waals surface area (Å²) < 4.78 is 20.1. The largest absolute Gasteiger partial charge is 0.493 e. The van der Waals surface area contributed by atoms with Crippen molar-refractivity contribution in [2.24, 2.45) is 0 Å². The molecule has 0 N–H and O–H groups in total. The molecule has 0 spiro atoms. The zero-order chi connectivity index (χ0) is 20.8. The van der Waals surface area contributed by atoms with Crippen molar-refractivity contribution in [3.63, 3.8) is 0 Å². The summed E-state index contributed by atoms with van der Waals surface area (Å²) in [5, 5.41) is -0.564. The van der Waals surface area contributed by atoms with E-state index >= 15 is 0 Å². The molecule has 0 atom stereocenters. The maximum atomic E-state index is 12.4. The lowest BCUT2D eigenvalue weighted by Gasteiger charge is -2.13. The van der Waals surface area contributed by atoms with Gasteiger partial charge < -0.3 is 18.9 Å². The molecule has 0 aromatic heterocycles. The molecule has 0 radical (unpaired) electrons. The predicted molar refractivity (Wildman–Crippen MR) is 103 cm³/mol. The van der Waals surface area contributed by atoms with Gasteiger partial charge in [-0.05, 0) is 51.5 Å². The maximum absolute atomic E-state index is 12.4. The van der Waals surface area contributed by atoms with Gasteiger partial charge in [0.1, 0.15) is 6.54 Å². The highest BCUT2D eigenvalue weighted by atomic mass is 79.9. The molecule has 2 amide bonds. The van der Waals surface area contributed by atoms with Gasteiger partial charge >= 0.3 is 11.9 Å². The number of hydrogen-bond donors (Lipinski definition) is 0. The van der Waals surface area contributed by atoms with Crippen molar-refractivity contribution in [1.82, 2.24) is 4.90 Å². The first-order valence-corrected chi connectivity index (χ1v) is 9.31. The van der Waals surface area contributed by atoms with Crippen LogP contribution in [0, 0.1) is 0 Å². The number of benzene rings is 1. The Bertz CT molecular complexity index is 854. The van der Waals surface area contributed by atoms with Gasteiger partial charge in [-0.1, -0.05) is 0 Å². The van der Waals surface area contributed by atoms with Crippen molar-refractivity contribution in [2.75, 3.05) is 34.5 Å². The van der Waals surface area contributed by atoms with Gasteiger partial charge in [-0.15, -0.1) is 0 Å². The zero-order valence-electron chi connectivity index (χ0n) is 15.1. The highest BCUT2D eigenvalue weighted by Crippen LogP contribution is 2.39. The second-order valence-electron chi connectivity index (χ2n) is 5.24. The van der Waals surface area contributed by atoms with E-state index in [0.29, 0.717) is 27.5 Å². The molecule has 1 fully saturated rings. The van der Waals surface area contributed by atoms with Gasteiger partial charge in [0.05, 0.1) is 30.7 Å². The third kappa shape index (κ3) is 5.04. The molecule has 150 valence electrons. The molecule has 1 aliphatic rings. The van der Waals surface area contributed by atoms with Gasteiger partial charge in [-0.25, -0.2) is 4.79 Å². The van der Waals surface area contributed by atoms with Crippen molar-refractivity contribution in [3.8, 4) is 11.5 Å². The van der Waals surface area contributed by atoms with Gasteiger partial charge in [0, 0.05) is 0 Å². The normalized spacial score (nSPS) is 15.0. The highest BCUT2D eigenvalue weighted by Gasteiger charge is 2.36. The van der Waals surface area contributed by atoms with Crippen LogP contribution in [0.25, 0.3) is 6.08 Å². The van der Waals surface area contributed by atoms with Crippen LogP contribution in [0.2, 0.25) is 0 Å². The number of carbonyl (C=O) groups is 4. The van der Waals surface area contributed by atoms with Crippen LogP contribution < -0.4 is 9.47 Å². The van der Waals surface area contributed by atoms with Crippen LogP contribution in [-0.2, 0) is 23.9 Å². The molecule has 11 heteroatoms. The molecule has 9 nitrogen and oxygen atoms in total. The molecule has 2 rings (SSSR count). The Morgan fingerprint density at radius 1 is 1.14 bits per heavy atom. The summed E-state index contributed by atoms with van der Waals surface area (Å²) in [5.41, 5.74) is 0.540. The van der Waals surface area contributed by atoms with E-state index in [4.69, 9.17) is 9.47 Å². The second kappa shape index (κ2) is 9.60. The zero-order valence-corrected chi connectivity index (χ0v) is 17.5. The number of hydrogen-bond acceptors (Lipinski definition) is 9. The third-order valence-corrected chi connectivity index (χ3v) is 5.00. The average molecular weight is 474 g/mol. The Morgan fingerprint density at radius 3 is 2.43 bits per heavy atom. The number of rotatable bonds is 7. The fourth-order valence-electron chi connectivity index (χ4n) is 2.13. The molecule has 1 aliphatic heterocycles. The van der Waals surface area contributed by atoms with Crippen LogP contribution in [0.15, 0.2) is 21.5 Å². The molecule has 1 aromatic carbocycles. The highest BCUT2D eigenvalue weighted by molar-refractivity contribution is 9.10. The first-order chi connectivity index (χ1) is 13.3. The van der Waals surface area contributed by atoms with Crippen LogP contribution in [0.1, 0.15) is 5.56 Å². The lowest BCUT2D eigenvalue weighted by atomic mass is 10.2. The Balaban J connectivity index is 2.27. The molecule has 0 saturated carbocycles. The molecule has 1 aromatic rings. The number of esters is 2. The van der Waals surface area contributed by atoms with Crippen molar-refractivity contribution in [3.05, 3.63) is 27.1 Å². The molecule has 0 bridgehead atoms. The van der Waals surface area contributed by atoms with Crippen molar-refractivity contribution >= 4 is 56.9 Å². The summed E-state index contributed by atoms with van der Waals surface area (Å²) >= 11 is 4.04. The van der Waals surface area contributed by atoms with E-state index in [1.165, 1.54) is 27.4 Å². The number of imide groups is 1. The summed E-state index contributed by atoms with van der Waals surface area (Å²) in [6.07, 6.45) is 1.49. The molecular weight excluding hydrogens is 458 g/mol. The van der Waals surface area contributed by atoms with E-state index in [-0.39, 0.29) is 17.3 Å². The average Bonchev–Trinajstić information content (AvgIpc) is 2.93. The number of halogens is 1. The number of ether oxygens (including phenoxy) is 4. The number of methoxy groups -OCH3 is 3. The Labute approximate surface area is 173 Å². The molecule has 0 aliphatic carbocycles. The number of carbonyl (C=O) groups excluding carboxylic acids is 4. The minimum absolute atomic E-state index is 0.145. The standard InChI is InChI=1S/C17H16BrNO8S/c1-24-11-5-9(4-10(18)15(11)27-8-14(21)26-3)6-12-16(22)19(17(23)28-12)7-13(20)25-2/h4-6H,7-8H2,1-3H3. The second-order valence-corrected chi connectivity index (χ2v) is 7.09. The summed E-state index contributed by atoms with van der Waals surface area (Å²) in [6, 6.07) is 3.20. The van der Waals surface area contributed by atoms with E-state index < -0.39 is 29.6 Å². The molecule has 28 heavy (non-hydrogen) atoms. The maximum Gasteiger partial charge on any atom is 0.343 e. The first kappa shape index (κ1) is 21.8. The minimum Gasteiger partial charge on any atom is -0.493 e. The van der Waals surface area contributed by atoms with E-state index in [1.54, 1.807) is 12.1 Å². The minimum atomic E-state index is -0.694. The molecule has 1 saturated heterocycles. The summed E-state index contributed by atoms with van der Waals surface area (Å²) in [7, 11) is 3.83. The Morgan fingerprint density at radius 2 is 1.82 bits per heavy atom. The lowest BCUT2D eigenvalue weighted by Crippen LogP contribution is -2.34. The fraction of sp³-hybridized carbons (Fsp3) is 0.294. The summed E-state index contributed by atoms with van der Waals surface area (Å²) in [5.74, 6) is -1.26. The SMILES string of the molecule is COC(=O)COc1c(Br)cc(C=C2SC(=O)N(CC(=O)OC)C2=O)cc1OC. The van der Waals surface area contributed by atoms with E-state index in [0.717, 1.165) is 4.90 Å². The third-order valence-electron chi connectivity index (χ3n) is 3.50. The van der Waals surface area contributed by atoms with Crippen LogP contribution in [0.3, 0.4) is 0 Å². The predicted octanol–water partition coefficient (Wildman–Crippen LogP) is 2.22. The van der Waals surface area contributed by atoms with Crippen molar-refractivity contribution in [2.45, 2.75) is 0 Å². The summed E-state index contributed by atoms with van der Waals surface area (Å²) in [4.78, 5) is 47.9. The lowest BCUT2D eigenvalue weighted by molar-refractivity contribution is -0.143. The first-order valence-electron chi connectivity index (χ1n) is 7.70. The van der Waals surface area contributed by atoms with Gasteiger partial charge in [0.25, 0.3) is 11.1 Å². The molecular formula is C17H16BrNO8S. The van der Waals surface area contributed by atoms with E-state index in [2.05, 4.69) is 25.4 Å². The van der Waals surface area contributed by atoms with E-state index in [1.807, 2.05) is 0 Å². The molecule has 0 unspecified atom stereocenters. The van der Waals surface area contributed by atoms with Crippen LogP contribution in [0.5, 0.6) is 11.5 Å². The quantitative estimate of drug-likeness (QED) is 0.434. The Hall–Kier alpha value is -2.53. The Kier molecular flexibility index (Phi) is 7.46. The van der Waals surface area contributed by atoms with Crippen LogP contribution in [0.4, 0.5) is 4.79 Å². The smallest absolute Gasteiger partial charge is 0.343 e. The van der Waals surface area contributed by atoms with Gasteiger partial charge in [-0.3, -0.25) is 19.3 Å². The van der Waals surface area contributed by atoms with Crippen molar-refractivity contribution < 1.29 is 38.1 Å². The van der Waals surface area contributed by atoms with E-state index in [9.17, 15) is 19.2 Å². The van der Waals surface area contributed by atoms with Crippen molar-refractivity contribution in [1.29, 1.82) is 0 Å². The van der Waals surface area contributed by atoms with Crippen LogP contribution in [-0.4, -0.2) is 62.5 Å². The number of nitrogens with zero attached hydrogens (tertiary/aromatic N) is 1. The fourth-order valence-corrected chi connectivity index (χ4v) is 3.55. The van der Waals surface area contributed by atoms with Gasteiger partial charge in [0.15, 0.2) is 18.1 Å². The summed E-state index contributed by atoms with van der Waals surface area (Å²) in [6.45, 7) is -0.761. The molecule has 1 heterocycles. The number of amides is 2. The van der Waals surface area contributed by atoms with Gasteiger partial charge in [-0.2, -0.15) is 0 Å². The number of thioether (sulfide) groups is 1. The van der Waals surface area contributed by atoms with Gasteiger partial charge in [0.2, 0.25) is 0 Å².